The van der Waals surface area contributed by atoms with Crippen LogP contribution >= 0.6 is 0 Å². The lowest BCUT2D eigenvalue weighted by atomic mass is 9.93. The second kappa shape index (κ2) is 6.16. The van der Waals surface area contributed by atoms with Gasteiger partial charge in [-0.3, -0.25) is 9.58 Å². The van der Waals surface area contributed by atoms with E-state index in [0.717, 1.165) is 26.2 Å². The summed E-state index contributed by atoms with van der Waals surface area (Å²) in [7, 11) is 2.03. The molecule has 1 N–H and O–H groups in total. The molecule has 1 saturated heterocycles. The van der Waals surface area contributed by atoms with Crippen molar-refractivity contribution in [2.45, 2.75) is 32.9 Å². The van der Waals surface area contributed by atoms with Crippen LogP contribution in [0.2, 0.25) is 0 Å². The fourth-order valence-electron chi connectivity index (χ4n) is 3.56. The van der Waals surface area contributed by atoms with Crippen molar-refractivity contribution in [3.8, 4) is 0 Å². The lowest BCUT2D eigenvalue weighted by molar-refractivity contribution is 0.141. The van der Waals surface area contributed by atoms with E-state index in [-0.39, 0.29) is 0 Å². The van der Waals surface area contributed by atoms with Gasteiger partial charge in [0.15, 0.2) is 0 Å². The van der Waals surface area contributed by atoms with Crippen LogP contribution in [0.1, 0.15) is 26.0 Å². The van der Waals surface area contributed by atoms with E-state index in [1.54, 1.807) is 0 Å². The Hall–Kier alpha value is -1.39. The van der Waals surface area contributed by atoms with Gasteiger partial charge in [-0.05, 0) is 24.9 Å². The van der Waals surface area contributed by atoms with Crippen molar-refractivity contribution in [3.63, 3.8) is 0 Å². The SMILES string of the molecule is CCNC1CCN(Cc2nn(C)c3ccccc23)CC1C. The van der Waals surface area contributed by atoms with Crippen LogP contribution in [-0.4, -0.2) is 40.4 Å². The van der Waals surface area contributed by atoms with Crippen LogP contribution in [0.25, 0.3) is 10.9 Å². The summed E-state index contributed by atoms with van der Waals surface area (Å²) in [5.74, 6) is 0.702. The number of aryl methyl sites for hydroxylation is 1. The molecule has 2 atom stereocenters. The Bertz CT molecular complexity index is 604. The number of rotatable bonds is 4. The van der Waals surface area contributed by atoms with Crippen LogP contribution in [0.4, 0.5) is 0 Å². The van der Waals surface area contributed by atoms with E-state index >= 15 is 0 Å². The summed E-state index contributed by atoms with van der Waals surface area (Å²) in [6.45, 7) is 8.90. The van der Waals surface area contributed by atoms with E-state index in [1.807, 2.05) is 11.7 Å². The van der Waals surface area contributed by atoms with Crippen LogP contribution in [0.5, 0.6) is 0 Å². The first-order valence-electron chi connectivity index (χ1n) is 8.05. The third kappa shape index (κ3) is 2.97. The Kier molecular flexibility index (Phi) is 4.27. The zero-order chi connectivity index (χ0) is 14.8. The van der Waals surface area contributed by atoms with Gasteiger partial charge in [0.1, 0.15) is 0 Å². The second-order valence-corrected chi connectivity index (χ2v) is 6.25. The minimum absolute atomic E-state index is 0.673. The summed E-state index contributed by atoms with van der Waals surface area (Å²) < 4.78 is 2.00. The lowest BCUT2D eigenvalue weighted by Gasteiger charge is -2.37. The van der Waals surface area contributed by atoms with Gasteiger partial charge >= 0.3 is 0 Å². The van der Waals surface area contributed by atoms with Crippen molar-refractivity contribution in [1.29, 1.82) is 0 Å². The monoisotopic (exact) mass is 286 g/mol. The van der Waals surface area contributed by atoms with Gasteiger partial charge in [0.05, 0.1) is 11.2 Å². The summed E-state index contributed by atoms with van der Waals surface area (Å²) in [5, 5.41) is 9.62. The Balaban J connectivity index is 1.72. The summed E-state index contributed by atoms with van der Waals surface area (Å²) in [5.41, 5.74) is 2.44. The topological polar surface area (TPSA) is 33.1 Å². The number of para-hydroxylation sites is 1. The summed E-state index contributed by atoms with van der Waals surface area (Å²) in [6.07, 6.45) is 1.24. The molecule has 0 saturated carbocycles. The predicted octanol–water partition coefficient (Wildman–Crippen LogP) is 2.39. The van der Waals surface area contributed by atoms with E-state index in [0.29, 0.717) is 12.0 Å². The first-order valence-corrected chi connectivity index (χ1v) is 8.05. The summed E-state index contributed by atoms with van der Waals surface area (Å²) in [6, 6.07) is 9.19. The molecule has 0 radical (unpaired) electrons. The van der Waals surface area contributed by atoms with Gasteiger partial charge in [0.25, 0.3) is 0 Å². The van der Waals surface area contributed by atoms with Crippen molar-refractivity contribution < 1.29 is 0 Å². The van der Waals surface area contributed by atoms with Crippen LogP contribution in [0.15, 0.2) is 24.3 Å². The van der Waals surface area contributed by atoms with Crippen LogP contribution in [0.3, 0.4) is 0 Å². The molecule has 3 rings (SSSR count). The lowest BCUT2D eigenvalue weighted by Crippen LogP contribution is -2.47. The van der Waals surface area contributed by atoms with Crippen molar-refractivity contribution in [2.75, 3.05) is 19.6 Å². The maximum Gasteiger partial charge on any atom is 0.0843 e. The van der Waals surface area contributed by atoms with Gasteiger partial charge in [-0.25, -0.2) is 0 Å². The Morgan fingerprint density at radius 1 is 1.33 bits per heavy atom. The fourth-order valence-corrected chi connectivity index (χ4v) is 3.56. The van der Waals surface area contributed by atoms with E-state index in [9.17, 15) is 0 Å². The molecule has 1 aliphatic heterocycles. The van der Waals surface area contributed by atoms with Gasteiger partial charge in [-0.15, -0.1) is 0 Å². The van der Waals surface area contributed by atoms with Crippen molar-refractivity contribution >= 4 is 10.9 Å². The second-order valence-electron chi connectivity index (χ2n) is 6.25. The van der Waals surface area contributed by atoms with Crippen LogP contribution in [0, 0.1) is 5.92 Å². The third-order valence-corrected chi connectivity index (χ3v) is 4.66. The molecule has 1 aliphatic rings. The smallest absolute Gasteiger partial charge is 0.0843 e. The number of likely N-dealkylation sites (tertiary alicyclic amines) is 1. The molecule has 0 bridgehead atoms. The van der Waals surface area contributed by atoms with Gasteiger partial charge in [0, 0.05) is 38.1 Å². The number of hydrogen-bond acceptors (Lipinski definition) is 3. The predicted molar refractivity (Wildman–Crippen MR) is 87.2 cm³/mol. The number of hydrogen-bond donors (Lipinski definition) is 1. The number of nitrogens with zero attached hydrogens (tertiary/aromatic N) is 3. The normalized spacial score (nSPS) is 23.8. The molecule has 2 heterocycles. The molecule has 114 valence electrons. The zero-order valence-corrected chi connectivity index (χ0v) is 13.3. The highest BCUT2D eigenvalue weighted by atomic mass is 15.3. The summed E-state index contributed by atoms with van der Waals surface area (Å²) in [4.78, 5) is 2.55. The molecular weight excluding hydrogens is 260 g/mol. The third-order valence-electron chi connectivity index (χ3n) is 4.66. The molecule has 4 nitrogen and oxygen atoms in total. The van der Waals surface area contributed by atoms with Crippen molar-refractivity contribution in [1.82, 2.24) is 20.0 Å². The van der Waals surface area contributed by atoms with Gasteiger partial charge in [-0.1, -0.05) is 32.0 Å². The highest BCUT2D eigenvalue weighted by Gasteiger charge is 2.26. The minimum Gasteiger partial charge on any atom is -0.314 e. The van der Waals surface area contributed by atoms with E-state index in [4.69, 9.17) is 5.10 Å². The fraction of sp³-hybridized carbons (Fsp3) is 0.588. The molecule has 1 aromatic heterocycles. The van der Waals surface area contributed by atoms with E-state index < -0.39 is 0 Å². The summed E-state index contributed by atoms with van der Waals surface area (Å²) >= 11 is 0. The molecule has 0 aliphatic carbocycles. The molecule has 21 heavy (non-hydrogen) atoms. The maximum absolute atomic E-state index is 4.72. The molecule has 2 unspecified atom stereocenters. The molecule has 0 amide bonds. The van der Waals surface area contributed by atoms with Crippen molar-refractivity contribution in [3.05, 3.63) is 30.0 Å². The number of piperidine rings is 1. The maximum atomic E-state index is 4.72. The number of benzene rings is 1. The molecule has 1 fully saturated rings. The first-order chi connectivity index (χ1) is 10.2. The van der Waals surface area contributed by atoms with Gasteiger partial charge in [0.2, 0.25) is 0 Å². The quantitative estimate of drug-likeness (QED) is 0.937. The van der Waals surface area contributed by atoms with Crippen LogP contribution < -0.4 is 5.32 Å². The number of aromatic nitrogens is 2. The van der Waals surface area contributed by atoms with E-state index in [1.165, 1.54) is 23.0 Å². The molecular formula is C17H26N4. The molecule has 4 heteroatoms. The van der Waals surface area contributed by atoms with Gasteiger partial charge < -0.3 is 5.32 Å². The average Bonchev–Trinajstić information content (AvgIpc) is 2.79. The Morgan fingerprint density at radius 2 is 2.14 bits per heavy atom. The largest absolute Gasteiger partial charge is 0.314 e. The molecule has 0 spiro atoms. The Morgan fingerprint density at radius 3 is 2.90 bits per heavy atom. The average molecular weight is 286 g/mol. The standard InChI is InChI=1S/C17H26N4/c1-4-18-15-9-10-21(11-13(15)2)12-16-14-7-5-6-8-17(14)20(3)19-16/h5-8,13,15,18H,4,9-12H2,1-3H3. The molecule has 1 aromatic carbocycles. The molecule has 2 aromatic rings. The van der Waals surface area contributed by atoms with Crippen molar-refractivity contribution in [2.24, 2.45) is 13.0 Å². The van der Waals surface area contributed by atoms with Gasteiger partial charge in [-0.2, -0.15) is 5.10 Å². The number of nitrogens with one attached hydrogen (secondary N) is 1. The highest BCUT2D eigenvalue weighted by molar-refractivity contribution is 5.81. The number of fused-ring (bicyclic) bond motifs is 1. The first kappa shape index (κ1) is 14.5. The Labute approximate surface area is 127 Å². The zero-order valence-electron chi connectivity index (χ0n) is 13.3. The van der Waals surface area contributed by atoms with Crippen LogP contribution in [-0.2, 0) is 13.6 Å². The van der Waals surface area contributed by atoms with E-state index in [2.05, 4.69) is 48.3 Å². The highest BCUT2D eigenvalue weighted by Crippen LogP contribution is 2.22. The minimum atomic E-state index is 0.673.